The van der Waals surface area contributed by atoms with E-state index < -0.39 is 0 Å². The highest BCUT2D eigenvalue weighted by Gasteiger charge is 2.17. The van der Waals surface area contributed by atoms with Crippen LogP contribution in [0.15, 0.2) is 54.7 Å². The Morgan fingerprint density at radius 2 is 2.04 bits per heavy atom. The fraction of sp³-hybridized carbons (Fsp3) is 0.100. The van der Waals surface area contributed by atoms with Crippen LogP contribution < -0.4 is 4.74 Å². The molecular weight excluding hydrogens is 381 g/mol. The standard InChI is InChI=1S/C20H15ClFN5O/c1-28-17-8-6-14(19(22)18(17)13-3-2-4-15(21)10-13)9-12-5-7-16(23-11-12)20-24-26-27-25-20/h2-8,10-11H,9H2,1H3,(H,24,25,26,27). The number of tetrazole rings is 1. The first-order chi connectivity index (χ1) is 13.7. The number of methoxy groups -OCH3 is 1. The van der Waals surface area contributed by atoms with Crippen molar-refractivity contribution in [1.29, 1.82) is 0 Å². The highest BCUT2D eigenvalue weighted by molar-refractivity contribution is 6.30. The molecule has 0 aliphatic heterocycles. The molecule has 0 radical (unpaired) electrons. The van der Waals surface area contributed by atoms with Gasteiger partial charge in [-0.3, -0.25) is 4.98 Å². The van der Waals surface area contributed by atoms with Gasteiger partial charge in [-0.1, -0.05) is 35.9 Å². The molecule has 4 aromatic rings. The Morgan fingerprint density at radius 3 is 2.71 bits per heavy atom. The fourth-order valence-electron chi connectivity index (χ4n) is 2.97. The number of nitrogens with one attached hydrogen (secondary N) is 1. The van der Waals surface area contributed by atoms with Crippen LogP contribution in [0.4, 0.5) is 4.39 Å². The lowest BCUT2D eigenvalue weighted by molar-refractivity contribution is 0.413. The Bertz CT molecular complexity index is 1100. The Hall–Kier alpha value is -3.32. The second-order valence-corrected chi connectivity index (χ2v) is 6.53. The maximum absolute atomic E-state index is 15.3. The van der Waals surface area contributed by atoms with Crippen molar-refractivity contribution in [2.45, 2.75) is 6.42 Å². The number of hydrogen-bond acceptors (Lipinski definition) is 5. The maximum Gasteiger partial charge on any atom is 0.222 e. The summed E-state index contributed by atoms with van der Waals surface area (Å²) >= 11 is 6.08. The summed E-state index contributed by atoms with van der Waals surface area (Å²) in [6.07, 6.45) is 2.05. The van der Waals surface area contributed by atoms with Crippen LogP contribution in [0.25, 0.3) is 22.6 Å². The largest absolute Gasteiger partial charge is 0.496 e. The third-order valence-corrected chi connectivity index (χ3v) is 4.55. The van der Waals surface area contributed by atoms with Crippen molar-refractivity contribution >= 4 is 11.6 Å². The summed E-state index contributed by atoms with van der Waals surface area (Å²) < 4.78 is 20.7. The second kappa shape index (κ2) is 7.74. The average Bonchev–Trinajstić information content (AvgIpc) is 3.24. The van der Waals surface area contributed by atoms with Crippen LogP contribution in [0.5, 0.6) is 5.75 Å². The van der Waals surface area contributed by atoms with E-state index in [-0.39, 0.29) is 5.82 Å². The number of ether oxygens (including phenoxy) is 1. The fourth-order valence-corrected chi connectivity index (χ4v) is 3.16. The Labute approximate surface area is 165 Å². The molecule has 0 aliphatic rings. The van der Waals surface area contributed by atoms with E-state index in [1.54, 1.807) is 48.7 Å². The van der Waals surface area contributed by atoms with Gasteiger partial charge in [0.1, 0.15) is 17.3 Å². The molecule has 0 saturated heterocycles. The number of H-pyrrole nitrogens is 1. The summed E-state index contributed by atoms with van der Waals surface area (Å²) in [5.41, 5.74) is 3.03. The van der Waals surface area contributed by atoms with E-state index in [1.807, 2.05) is 6.07 Å². The molecule has 0 aliphatic carbocycles. The minimum atomic E-state index is -0.344. The third kappa shape index (κ3) is 3.57. The van der Waals surface area contributed by atoms with Crippen molar-refractivity contribution in [3.05, 3.63) is 76.7 Å². The average molecular weight is 396 g/mol. The first kappa shape index (κ1) is 18.1. The number of aromatic amines is 1. The molecule has 0 bridgehead atoms. The molecule has 1 N–H and O–H groups in total. The zero-order valence-corrected chi connectivity index (χ0v) is 15.6. The van der Waals surface area contributed by atoms with Gasteiger partial charge >= 0.3 is 0 Å². The molecule has 6 nitrogen and oxygen atoms in total. The number of pyridine rings is 1. The SMILES string of the molecule is COc1ccc(Cc2ccc(-c3nn[nH]n3)nc2)c(F)c1-c1cccc(Cl)c1. The Morgan fingerprint density at radius 1 is 1.14 bits per heavy atom. The zero-order chi connectivity index (χ0) is 19.5. The summed E-state index contributed by atoms with van der Waals surface area (Å²) in [5, 5.41) is 14.2. The second-order valence-electron chi connectivity index (χ2n) is 6.09. The third-order valence-electron chi connectivity index (χ3n) is 4.31. The van der Waals surface area contributed by atoms with Crippen LogP contribution in [0.3, 0.4) is 0 Å². The van der Waals surface area contributed by atoms with E-state index in [0.29, 0.717) is 45.4 Å². The van der Waals surface area contributed by atoms with E-state index in [1.165, 1.54) is 7.11 Å². The smallest absolute Gasteiger partial charge is 0.222 e. The normalized spacial score (nSPS) is 10.8. The van der Waals surface area contributed by atoms with E-state index in [2.05, 4.69) is 25.6 Å². The van der Waals surface area contributed by atoms with Gasteiger partial charge < -0.3 is 4.74 Å². The van der Waals surface area contributed by atoms with Gasteiger partial charge in [0.15, 0.2) is 0 Å². The number of hydrogen-bond donors (Lipinski definition) is 1. The molecular formula is C20H15ClFN5O. The quantitative estimate of drug-likeness (QED) is 0.544. The van der Waals surface area contributed by atoms with Gasteiger partial charge in [-0.2, -0.15) is 5.21 Å². The minimum absolute atomic E-state index is 0.344. The van der Waals surface area contributed by atoms with E-state index in [9.17, 15) is 0 Å². The molecule has 8 heteroatoms. The molecule has 0 saturated carbocycles. The lowest BCUT2D eigenvalue weighted by atomic mass is 9.97. The van der Waals surface area contributed by atoms with Crippen molar-refractivity contribution in [3.63, 3.8) is 0 Å². The molecule has 0 atom stereocenters. The Balaban J connectivity index is 1.68. The molecule has 4 rings (SSSR count). The van der Waals surface area contributed by atoms with Gasteiger partial charge in [0.25, 0.3) is 0 Å². The molecule has 0 unspecified atom stereocenters. The molecule has 2 aromatic carbocycles. The van der Waals surface area contributed by atoms with Crippen LogP contribution >= 0.6 is 11.6 Å². The van der Waals surface area contributed by atoms with Crippen LogP contribution in [0, 0.1) is 5.82 Å². The number of aromatic nitrogens is 5. The summed E-state index contributed by atoms with van der Waals surface area (Å²) in [5.74, 6) is 0.517. The highest BCUT2D eigenvalue weighted by atomic mass is 35.5. The predicted octanol–water partition coefficient (Wildman–Crippen LogP) is 4.32. The molecule has 28 heavy (non-hydrogen) atoms. The van der Waals surface area contributed by atoms with Crippen molar-refractivity contribution in [1.82, 2.24) is 25.6 Å². The monoisotopic (exact) mass is 395 g/mol. The lowest BCUT2D eigenvalue weighted by Crippen LogP contribution is -1.99. The van der Waals surface area contributed by atoms with Crippen LogP contribution in [-0.4, -0.2) is 32.7 Å². The van der Waals surface area contributed by atoms with Crippen molar-refractivity contribution in [2.75, 3.05) is 7.11 Å². The van der Waals surface area contributed by atoms with Gasteiger partial charge in [0.05, 0.1) is 12.7 Å². The zero-order valence-electron chi connectivity index (χ0n) is 14.9. The molecule has 2 heterocycles. The molecule has 0 fully saturated rings. The molecule has 140 valence electrons. The first-order valence-electron chi connectivity index (χ1n) is 8.46. The van der Waals surface area contributed by atoms with E-state index in [0.717, 1.165) is 5.56 Å². The van der Waals surface area contributed by atoms with Gasteiger partial charge in [-0.05, 0) is 46.2 Å². The lowest BCUT2D eigenvalue weighted by Gasteiger charge is -2.14. The van der Waals surface area contributed by atoms with Gasteiger partial charge in [-0.15, -0.1) is 10.2 Å². The molecule has 0 spiro atoms. The first-order valence-corrected chi connectivity index (χ1v) is 8.83. The number of nitrogens with zero attached hydrogens (tertiary/aromatic N) is 4. The maximum atomic E-state index is 15.3. The highest BCUT2D eigenvalue weighted by Crippen LogP contribution is 2.36. The number of rotatable bonds is 5. The minimum Gasteiger partial charge on any atom is -0.496 e. The van der Waals surface area contributed by atoms with Crippen molar-refractivity contribution in [2.24, 2.45) is 0 Å². The summed E-state index contributed by atoms with van der Waals surface area (Å²) in [6.45, 7) is 0. The van der Waals surface area contributed by atoms with E-state index in [4.69, 9.17) is 16.3 Å². The number of halogens is 2. The van der Waals surface area contributed by atoms with Gasteiger partial charge in [0.2, 0.25) is 5.82 Å². The topological polar surface area (TPSA) is 76.6 Å². The van der Waals surface area contributed by atoms with E-state index >= 15 is 4.39 Å². The summed E-state index contributed by atoms with van der Waals surface area (Å²) in [4.78, 5) is 4.32. The van der Waals surface area contributed by atoms with Crippen LogP contribution in [-0.2, 0) is 6.42 Å². The molecule has 0 amide bonds. The van der Waals surface area contributed by atoms with Gasteiger partial charge in [0, 0.05) is 17.6 Å². The Kier molecular flexibility index (Phi) is 4.99. The van der Waals surface area contributed by atoms with Gasteiger partial charge in [-0.25, -0.2) is 4.39 Å². The molecule has 2 aromatic heterocycles. The summed E-state index contributed by atoms with van der Waals surface area (Å²) in [6, 6.07) is 14.2. The van der Waals surface area contributed by atoms with Crippen molar-refractivity contribution < 1.29 is 9.13 Å². The predicted molar refractivity (Wildman–Crippen MR) is 104 cm³/mol. The van der Waals surface area contributed by atoms with Crippen LogP contribution in [0.1, 0.15) is 11.1 Å². The van der Waals surface area contributed by atoms with Crippen LogP contribution in [0.2, 0.25) is 5.02 Å². The number of benzene rings is 2. The van der Waals surface area contributed by atoms with Crippen molar-refractivity contribution in [3.8, 4) is 28.4 Å². The summed E-state index contributed by atoms with van der Waals surface area (Å²) in [7, 11) is 1.52.